The van der Waals surface area contributed by atoms with Gasteiger partial charge in [0, 0.05) is 0 Å². The lowest BCUT2D eigenvalue weighted by atomic mass is 9.77. The molecule has 144 valence electrons. The van der Waals surface area contributed by atoms with Crippen molar-refractivity contribution in [1.82, 2.24) is 5.32 Å². The van der Waals surface area contributed by atoms with Gasteiger partial charge in [0.25, 0.3) is 0 Å². The van der Waals surface area contributed by atoms with Gasteiger partial charge in [-0.3, -0.25) is 4.79 Å². The fourth-order valence-electron chi connectivity index (χ4n) is 3.72. The summed E-state index contributed by atoms with van der Waals surface area (Å²) in [6.45, 7) is 2.00. The monoisotopic (exact) mass is 363 g/mol. The highest BCUT2D eigenvalue weighted by Gasteiger charge is 2.44. The average Bonchev–Trinajstić information content (AvgIpc) is 3.15. The van der Waals surface area contributed by atoms with Crippen LogP contribution in [0, 0.1) is 0 Å². The number of carbonyl (C=O) groups excluding carboxylic acids is 1. The Bertz CT molecular complexity index is 637. The molecule has 1 fully saturated rings. The lowest BCUT2D eigenvalue weighted by Gasteiger charge is -2.30. The third-order valence-electron chi connectivity index (χ3n) is 5.28. The predicted molar refractivity (Wildman–Crippen MR) is 98.8 cm³/mol. The molecule has 1 atom stereocenters. The zero-order chi connectivity index (χ0) is 19.2. The molecule has 26 heavy (non-hydrogen) atoms. The maximum atomic E-state index is 13.2. The first-order chi connectivity index (χ1) is 12.5. The van der Waals surface area contributed by atoms with Crippen molar-refractivity contribution < 1.29 is 24.2 Å². The summed E-state index contributed by atoms with van der Waals surface area (Å²) in [6, 6.07) is 4.67. The number of methoxy groups -OCH3 is 2. The van der Waals surface area contributed by atoms with Crippen LogP contribution in [-0.2, 0) is 15.0 Å². The minimum Gasteiger partial charge on any atom is -0.493 e. The second kappa shape index (κ2) is 8.92. The summed E-state index contributed by atoms with van der Waals surface area (Å²) in [4.78, 5) is 24.7. The molecule has 1 aliphatic rings. The van der Waals surface area contributed by atoms with E-state index >= 15 is 0 Å². The quantitative estimate of drug-likeness (QED) is 0.703. The van der Waals surface area contributed by atoms with Gasteiger partial charge in [0.1, 0.15) is 6.04 Å². The standard InChI is InChI=1S/C20H29NO5/c1-4-5-8-15(18(22)23)21-19(24)20(11-6-7-12-20)14-9-10-16(25-2)17(13-14)26-3/h9-10,13,15H,4-8,11-12H2,1-3H3,(H,21,24)(H,22,23). The van der Waals surface area contributed by atoms with Crippen molar-refractivity contribution in [2.45, 2.75) is 63.3 Å². The number of carboxylic acid groups (broad SMARTS) is 1. The fraction of sp³-hybridized carbons (Fsp3) is 0.600. The Hall–Kier alpha value is -2.24. The zero-order valence-electron chi connectivity index (χ0n) is 15.8. The largest absolute Gasteiger partial charge is 0.493 e. The van der Waals surface area contributed by atoms with E-state index in [-0.39, 0.29) is 5.91 Å². The van der Waals surface area contributed by atoms with Crippen LogP contribution in [0.1, 0.15) is 57.4 Å². The number of carbonyl (C=O) groups is 2. The number of rotatable bonds is 9. The summed E-state index contributed by atoms with van der Waals surface area (Å²) in [5.41, 5.74) is 0.143. The fourth-order valence-corrected chi connectivity index (χ4v) is 3.72. The lowest BCUT2D eigenvalue weighted by Crippen LogP contribution is -2.49. The first-order valence-electron chi connectivity index (χ1n) is 9.24. The zero-order valence-corrected chi connectivity index (χ0v) is 15.8. The number of hydrogen-bond acceptors (Lipinski definition) is 4. The summed E-state index contributed by atoms with van der Waals surface area (Å²) in [7, 11) is 3.13. The van der Waals surface area contributed by atoms with Gasteiger partial charge in [-0.2, -0.15) is 0 Å². The van der Waals surface area contributed by atoms with Crippen LogP contribution in [-0.4, -0.2) is 37.2 Å². The molecule has 0 aliphatic heterocycles. The Morgan fingerprint density at radius 2 is 1.85 bits per heavy atom. The molecule has 2 N–H and O–H groups in total. The lowest BCUT2D eigenvalue weighted by molar-refractivity contribution is -0.143. The minimum absolute atomic E-state index is 0.203. The third-order valence-corrected chi connectivity index (χ3v) is 5.28. The van der Waals surface area contributed by atoms with Crippen molar-refractivity contribution in [3.63, 3.8) is 0 Å². The van der Waals surface area contributed by atoms with Gasteiger partial charge in [0.05, 0.1) is 19.6 Å². The molecule has 1 aromatic carbocycles. The molecule has 0 aromatic heterocycles. The molecule has 1 unspecified atom stereocenters. The van der Waals surface area contributed by atoms with Gasteiger partial charge >= 0.3 is 5.97 Å². The van der Waals surface area contributed by atoms with E-state index in [4.69, 9.17) is 9.47 Å². The van der Waals surface area contributed by atoms with E-state index in [0.717, 1.165) is 31.2 Å². The number of benzene rings is 1. The first-order valence-corrected chi connectivity index (χ1v) is 9.24. The van der Waals surface area contributed by atoms with Gasteiger partial charge in [-0.25, -0.2) is 4.79 Å². The Kier molecular flexibility index (Phi) is 6.89. The van der Waals surface area contributed by atoms with Crippen LogP contribution >= 0.6 is 0 Å². The molecule has 0 spiro atoms. The molecular formula is C20H29NO5. The van der Waals surface area contributed by atoms with Gasteiger partial charge < -0.3 is 19.9 Å². The second-order valence-electron chi connectivity index (χ2n) is 6.87. The summed E-state index contributed by atoms with van der Waals surface area (Å²) in [5, 5.41) is 12.2. The number of amides is 1. The topological polar surface area (TPSA) is 84.9 Å². The number of carboxylic acids is 1. The van der Waals surface area contributed by atoms with Crippen molar-refractivity contribution in [3.8, 4) is 11.5 Å². The molecule has 1 aromatic rings. The van der Waals surface area contributed by atoms with E-state index in [1.807, 2.05) is 19.1 Å². The van der Waals surface area contributed by atoms with Crippen LogP contribution < -0.4 is 14.8 Å². The van der Waals surface area contributed by atoms with Crippen LogP contribution in [0.2, 0.25) is 0 Å². The van der Waals surface area contributed by atoms with E-state index in [1.54, 1.807) is 20.3 Å². The van der Waals surface area contributed by atoms with Crippen molar-refractivity contribution >= 4 is 11.9 Å². The maximum Gasteiger partial charge on any atom is 0.326 e. The van der Waals surface area contributed by atoms with Crippen molar-refractivity contribution in [3.05, 3.63) is 23.8 Å². The van der Waals surface area contributed by atoms with Crippen molar-refractivity contribution in [2.24, 2.45) is 0 Å². The molecule has 1 saturated carbocycles. The van der Waals surface area contributed by atoms with Crippen LogP contribution in [0.25, 0.3) is 0 Å². The van der Waals surface area contributed by atoms with E-state index in [2.05, 4.69) is 5.32 Å². The van der Waals surface area contributed by atoms with Crippen molar-refractivity contribution in [1.29, 1.82) is 0 Å². The second-order valence-corrected chi connectivity index (χ2v) is 6.87. The van der Waals surface area contributed by atoms with Crippen LogP contribution in [0.3, 0.4) is 0 Å². The molecule has 6 nitrogen and oxygen atoms in total. The molecule has 0 bridgehead atoms. The summed E-state index contributed by atoms with van der Waals surface area (Å²) < 4.78 is 10.7. The molecule has 6 heteroatoms. The van der Waals surface area contributed by atoms with E-state index < -0.39 is 17.4 Å². The number of aliphatic carboxylic acids is 1. The highest BCUT2D eigenvalue weighted by atomic mass is 16.5. The summed E-state index contributed by atoms with van der Waals surface area (Å²) in [5.74, 6) is -0.000938. The van der Waals surface area contributed by atoms with Gasteiger partial charge in [-0.05, 0) is 37.0 Å². The number of nitrogens with one attached hydrogen (secondary N) is 1. The Morgan fingerprint density at radius 3 is 2.38 bits per heavy atom. The molecule has 1 amide bonds. The first kappa shape index (κ1) is 20.1. The average molecular weight is 363 g/mol. The number of hydrogen-bond donors (Lipinski definition) is 2. The van der Waals surface area contributed by atoms with Crippen LogP contribution in [0.4, 0.5) is 0 Å². The van der Waals surface area contributed by atoms with E-state index in [0.29, 0.717) is 30.8 Å². The Morgan fingerprint density at radius 1 is 1.19 bits per heavy atom. The molecule has 1 aliphatic carbocycles. The van der Waals surface area contributed by atoms with Gasteiger partial charge in [-0.1, -0.05) is 38.7 Å². The van der Waals surface area contributed by atoms with Crippen LogP contribution in [0.15, 0.2) is 18.2 Å². The summed E-state index contributed by atoms with van der Waals surface area (Å²) in [6.07, 6.45) is 5.38. The Labute approximate surface area is 154 Å². The third kappa shape index (κ3) is 4.11. The smallest absolute Gasteiger partial charge is 0.326 e. The highest BCUT2D eigenvalue weighted by Crippen LogP contribution is 2.44. The minimum atomic E-state index is -0.979. The highest BCUT2D eigenvalue weighted by molar-refractivity contribution is 5.92. The predicted octanol–water partition coefficient (Wildman–Crippen LogP) is 3.28. The van der Waals surface area contributed by atoms with Gasteiger partial charge in [0.2, 0.25) is 5.91 Å². The van der Waals surface area contributed by atoms with E-state index in [9.17, 15) is 14.7 Å². The summed E-state index contributed by atoms with van der Waals surface area (Å²) >= 11 is 0. The molecule has 0 radical (unpaired) electrons. The SMILES string of the molecule is CCCCC(NC(=O)C1(c2ccc(OC)c(OC)c2)CCCC1)C(=O)O. The number of unbranched alkanes of at least 4 members (excludes halogenated alkanes) is 1. The molecule has 0 heterocycles. The van der Waals surface area contributed by atoms with Gasteiger partial charge in [0.15, 0.2) is 11.5 Å². The van der Waals surface area contributed by atoms with Crippen LogP contribution in [0.5, 0.6) is 11.5 Å². The van der Waals surface area contributed by atoms with Gasteiger partial charge in [-0.15, -0.1) is 0 Å². The molecule has 0 saturated heterocycles. The molecular weight excluding hydrogens is 334 g/mol. The van der Waals surface area contributed by atoms with Crippen molar-refractivity contribution in [2.75, 3.05) is 14.2 Å². The molecule has 2 rings (SSSR count). The number of ether oxygens (including phenoxy) is 2. The normalized spacial score (nSPS) is 16.7. The Balaban J connectivity index is 2.31. The van der Waals surface area contributed by atoms with E-state index in [1.165, 1.54) is 0 Å². The maximum absolute atomic E-state index is 13.2.